The molecule has 0 aliphatic carbocycles. The van der Waals surface area contributed by atoms with Crippen LogP contribution >= 0.6 is 0 Å². The van der Waals surface area contributed by atoms with Crippen molar-refractivity contribution >= 4 is 54.4 Å². The van der Waals surface area contributed by atoms with Gasteiger partial charge in [0.2, 0.25) is 0 Å². The minimum Gasteiger partial charge on any atom is -0.308 e. The zero-order valence-corrected chi connectivity index (χ0v) is 33.4. The van der Waals surface area contributed by atoms with E-state index in [9.17, 15) is 0 Å². The summed E-state index contributed by atoms with van der Waals surface area (Å²) in [6.07, 6.45) is 0. The molecule has 0 atom stereocenters. The summed E-state index contributed by atoms with van der Waals surface area (Å²) in [4.78, 5) is 10.6. The van der Waals surface area contributed by atoms with Crippen LogP contribution in [0.3, 0.4) is 0 Å². The van der Waals surface area contributed by atoms with E-state index in [2.05, 4.69) is 215 Å². The average Bonchev–Trinajstić information content (AvgIpc) is 4.03. The summed E-state index contributed by atoms with van der Waals surface area (Å²) in [5.41, 5.74) is 15.8. The largest absolute Gasteiger partial charge is 0.308 e. The number of para-hydroxylation sites is 2. The van der Waals surface area contributed by atoms with Gasteiger partial charge in [0.05, 0.1) is 39.1 Å². The fourth-order valence-electron chi connectivity index (χ4n) is 9.64. The first-order chi connectivity index (χ1) is 30.7. The van der Waals surface area contributed by atoms with Crippen LogP contribution in [-0.2, 0) is 0 Å². The van der Waals surface area contributed by atoms with Crippen molar-refractivity contribution in [2.75, 3.05) is 0 Å². The Hall–Kier alpha value is -8.41. The van der Waals surface area contributed by atoms with E-state index in [-0.39, 0.29) is 0 Å². The molecule has 0 unspecified atom stereocenters. The summed E-state index contributed by atoms with van der Waals surface area (Å²) in [6.45, 7) is 0. The van der Waals surface area contributed by atoms with Crippen molar-refractivity contribution in [1.82, 2.24) is 24.0 Å². The van der Waals surface area contributed by atoms with Gasteiger partial charge in [-0.1, -0.05) is 176 Å². The van der Waals surface area contributed by atoms with E-state index in [0.29, 0.717) is 5.82 Å². The van der Waals surface area contributed by atoms with Gasteiger partial charge in [0, 0.05) is 60.3 Å². The highest BCUT2D eigenvalue weighted by Gasteiger charge is 2.23. The number of pyridine rings is 1. The maximum atomic E-state index is 5.46. The summed E-state index contributed by atoms with van der Waals surface area (Å²) < 4.78 is 4.55. The average molecular weight is 790 g/mol. The first-order valence-electron chi connectivity index (χ1n) is 21.0. The monoisotopic (exact) mass is 789 g/mol. The molecule has 5 heteroatoms. The lowest BCUT2D eigenvalue weighted by Crippen LogP contribution is -1.96. The smallest absolute Gasteiger partial charge is 0.160 e. The molecule has 13 aromatic rings. The minimum absolute atomic E-state index is 0.692. The molecule has 13 rings (SSSR count). The lowest BCUT2D eigenvalue weighted by atomic mass is 9.96. The molecule has 0 bridgehead atoms. The standard InChI is InChI=1S/C57H35N5/c1-4-16-36(17-5-1)48-35-49(59-57(58-48)42-32-46-44-24-12-14-26-50(44)61-51-27-15-13-25-45(51)47(33-42)55(46)61)37-28-30-40(31-29-37)54-53(39-20-8-3-9-21-39)56-43-23-11-10-22-41(43)34-52(62(56)60-54)38-18-6-2-7-19-38/h1-35H. The molecule has 288 valence electrons. The van der Waals surface area contributed by atoms with Gasteiger partial charge in [0.1, 0.15) is 5.69 Å². The second kappa shape index (κ2) is 13.6. The number of aromatic nitrogens is 5. The van der Waals surface area contributed by atoms with E-state index in [0.717, 1.165) is 72.6 Å². The molecule has 62 heavy (non-hydrogen) atoms. The molecule has 0 radical (unpaired) electrons. The van der Waals surface area contributed by atoms with E-state index in [1.807, 2.05) is 6.07 Å². The van der Waals surface area contributed by atoms with E-state index >= 15 is 0 Å². The van der Waals surface area contributed by atoms with E-state index < -0.39 is 0 Å². The van der Waals surface area contributed by atoms with Gasteiger partial charge >= 0.3 is 0 Å². The van der Waals surface area contributed by atoms with E-state index in [1.165, 1.54) is 43.5 Å². The SMILES string of the molecule is c1ccc(-c2cc(-c3ccc(-c4nn5c(-c6ccccc6)cc6ccccc6c5c4-c4ccccc4)cc3)nc(-c3cc4c5ccccc5n5c6ccccc6c(c3)c45)n2)cc1. The van der Waals surface area contributed by atoms with Gasteiger partial charge in [-0.05, 0) is 47.3 Å². The minimum atomic E-state index is 0.692. The van der Waals surface area contributed by atoms with Crippen LogP contribution in [0.25, 0.3) is 122 Å². The zero-order valence-electron chi connectivity index (χ0n) is 33.4. The number of hydrogen-bond acceptors (Lipinski definition) is 3. The number of fused-ring (bicyclic) bond motifs is 9. The molecule has 0 fully saturated rings. The van der Waals surface area contributed by atoms with Crippen LogP contribution in [0.15, 0.2) is 212 Å². The van der Waals surface area contributed by atoms with Crippen molar-refractivity contribution in [3.63, 3.8) is 0 Å². The number of benzene rings is 8. The maximum Gasteiger partial charge on any atom is 0.160 e. The lowest BCUT2D eigenvalue weighted by Gasteiger charge is -2.11. The van der Waals surface area contributed by atoms with Crippen LogP contribution in [-0.4, -0.2) is 24.0 Å². The Labute approximate surface area is 356 Å². The summed E-state index contributed by atoms with van der Waals surface area (Å²) in [5.74, 6) is 0.692. The van der Waals surface area contributed by atoms with Crippen LogP contribution < -0.4 is 0 Å². The fraction of sp³-hybridized carbons (Fsp3) is 0. The molecular formula is C57H35N5. The van der Waals surface area contributed by atoms with Crippen LogP contribution in [0.2, 0.25) is 0 Å². The van der Waals surface area contributed by atoms with Crippen LogP contribution in [0.1, 0.15) is 0 Å². The lowest BCUT2D eigenvalue weighted by molar-refractivity contribution is 0.979. The molecule has 0 aliphatic heterocycles. The quantitative estimate of drug-likeness (QED) is 0.169. The van der Waals surface area contributed by atoms with Crippen molar-refractivity contribution in [3.8, 4) is 67.5 Å². The van der Waals surface area contributed by atoms with Crippen LogP contribution in [0.4, 0.5) is 0 Å². The van der Waals surface area contributed by atoms with Crippen molar-refractivity contribution in [2.45, 2.75) is 0 Å². The number of hydrogen-bond donors (Lipinski definition) is 0. The van der Waals surface area contributed by atoms with Gasteiger partial charge in [0.15, 0.2) is 5.82 Å². The van der Waals surface area contributed by atoms with Crippen molar-refractivity contribution in [2.24, 2.45) is 0 Å². The Morgan fingerprint density at radius 2 is 0.839 bits per heavy atom. The predicted octanol–water partition coefficient (Wildman–Crippen LogP) is 14.4. The highest BCUT2D eigenvalue weighted by molar-refractivity contribution is 6.24. The highest BCUT2D eigenvalue weighted by atomic mass is 15.2. The van der Waals surface area contributed by atoms with Crippen LogP contribution in [0.5, 0.6) is 0 Å². The molecule has 0 aliphatic rings. The Kier molecular flexibility index (Phi) is 7.54. The third-order valence-corrected chi connectivity index (χ3v) is 12.5. The van der Waals surface area contributed by atoms with Gasteiger partial charge < -0.3 is 4.40 Å². The molecule has 0 saturated carbocycles. The molecule has 5 aromatic heterocycles. The maximum absolute atomic E-state index is 5.46. The second-order valence-corrected chi connectivity index (χ2v) is 16.0. The molecular weight excluding hydrogens is 755 g/mol. The normalized spacial score (nSPS) is 11.9. The van der Waals surface area contributed by atoms with Crippen molar-refractivity contribution in [3.05, 3.63) is 212 Å². The molecule has 0 spiro atoms. The zero-order chi connectivity index (χ0) is 40.7. The Bertz CT molecular complexity index is 3750. The first-order valence-corrected chi connectivity index (χ1v) is 21.0. The summed E-state index contributed by atoms with van der Waals surface area (Å²) >= 11 is 0. The molecule has 0 amide bonds. The fourth-order valence-corrected chi connectivity index (χ4v) is 9.64. The van der Waals surface area contributed by atoms with Gasteiger partial charge in [-0.15, -0.1) is 0 Å². The Morgan fingerprint density at radius 3 is 1.47 bits per heavy atom. The Morgan fingerprint density at radius 1 is 0.339 bits per heavy atom. The third kappa shape index (κ3) is 5.25. The van der Waals surface area contributed by atoms with Gasteiger partial charge in [-0.2, -0.15) is 5.10 Å². The van der Waals surface area contributed by atoms with E-state index in [1.54, 1.807) is 0 Å². The summed E-state index contributed by atoms with van der Waals surface area (Å²) in [6, 6.07) is 75.3. The van der Waals surface area contributed by atoms with Gasteiger partial charge in [-0.25, -0.2) is 14.5 Å². The predicted molar refractivity (Wildman–Crippen MR) is 256 cm³/mol. The van der Waals surface area contributed by atoms with Gasteiger partial charge in [-0.3, -0.25) is 0 Å². The van der Waals surface area contributed by atoms with Gasteiger partial charge in [0.25, 0.3) is 0 Å². The summed E-state index contributed by atoms with van der Waals surface area (Å²) in [7, 11) is 0. The highest BCUT2D eigenvalue weighted by Crippen LogP contribution is 2.43. The third-order valence-electron chi connectivity index (χ3n) is 12.5. The molecule has 5 nitrogen and oxygen atoms in total. The number of rotatable bonds is 6. The Balaban J connectivity index is 1.01. The van der Waals surface area contributed by atoms with E-state index in [4.69, 9.17) is 15.1 Å². The topological polar surface area (TPSA) is 47.5 Å². The summed E-state index contributed by atoms with van der Waals surface area (Å²) in [5, 5.41) is 12.7. The second-order valence-electron chi connectivity index (χ2n) is 16.0. The van der Waals surface area contributed by atoms with Crippen molar-refractivity contribution in [1.29, 1.82) is 0 Å². The van der Waals surface area contributed by atoms with Crippen LogP contribution in [0, 0.1) is 0 Å². The number of nitrogens with zero attached hydrogens (tertiary/aromatic N) is 5. The molecule has 8 aromatic carbocycles. The van der Waals surface area contributed by atoms with Crippen molar-refractivity contribution < 1.29 is 0 Å². The molecule has 0 N–H and O–H groups in total. The molecule has 0 saturated heterocycles. The molecule has 5 heterocycles. The first kappa shape index (κ1) is 34.5.